The van der Waals surface area contributed by atoms with Gasteiger partial charge >= 0.3 is 5.97 Å². The molecule has 0 aliphatic carbocycles. The molecule has 0 radical (unpaired) electrons. The maximum absolute atomic E-state index is 11.1. The number of carboxylic acids is 1. The normalized spacial score (nSPS) is 11.1. The van der Waals surface area contributed by atoms with Gasteiger partial charge in [-0.05, 0) is 38.2 Å². The molecule has 132 valence electrons. The average Bonchev–Trinajstić information content (AvgIpc) is 2.54. The number of halogens is 1. The van der Waals surface area contributed by atoms with E-state index in [-0.39, 0.29) is 22.1 Å². The fourth-order valence-corrected chi connectivity index (χ4v) is 2.76. The topological polar surface area (TPSA) is 94.8 Å². The van der Waals surface area contributed by atoms with Crippen LogP contribution in [0.15, 0.2) is 12.2 Å². The van der Waals surface area contributed by atoms with Crippen LogP contribution in [-0.2, 0) is 11.2 Å². The van der Waals surface area contributed by atoms with Gasteiger partial charge < -0.3 is 15.3 Å². The van der Waals surface area contributed by atoms with Gasteiger partial charge in [-0.15, -0.1) is 0 Å². The molecule has 5 nitrogen and oxygen atoms in total. The van der Waals surface area contributed by atoms with E-state index in [1.807, 2.05) is 0 Å². The molecule has 0 saturated carbocycles. The molecule has 1 aromatic carbocycles. The lowest BCUT2D eigenvalue weighted by atomic mass is 9.98. The highest BCUT2D eigenvalue weighted by molar-refractivity contribution is 6.33. The van der Waals surface area contributed by atoms with E-state index in [0.29, 0.717) is 23.8 Å². The summed E-state index contributed by atoms with van der Waals surface area (Å²) in [6.45, 7) is 1.58. The lowest BCUT2D eigenvalue weighted by Crippen LogP contribution is -1.97. The Morgan fingerprint density at radius 3 is 2.33 bits per heavy atom. The van der Waals surface area contributed by atoms with Crippen molar-refractivity contribution < 1.29 is 24.9 Å². The average molecular weight is 355 g/mol. The van der Waals surface area contributed by atoms with Crippen molar-refractivity contribution in [3.05, 3.63) is 33.9 Å². The number of unbranched alkanes of at least 4 members (excludes halogenated alkanes) is 5. The van der Waals surface area contributed by atoms with E-state index >= 15 is 0 Å². The molecule has 0 spiro atoms. The highest BCUT2D eigenvalue weighted by atomic mass is 35.5. The van der Waals surface area contributed by atoms with E-state index in [2.05, 4.69) is 0 Å². The molecule has 0 aliphatic rings. The number of phenolic OH excluding ortho intramolecular Hbond substituents is 2. The van der Waals surface area contributed by atoms with Gasteiger partial charge in [-0.3, -0.25) is 4.79 Å². The number of carbonyl (C=O) groups excluding carboxylic acids is 1. The summed E-state index contributed by atoms with van der Waals surface area (Å²) >= 11 is 6.00. The summed E-state index contributed by atoms with van der Waals surface area (Å²) < 4.78 is 0. The Labute approximate surface area is 146 Å². The lowest BCUT2D eigenvalue weighted by molar-refractivity contribution is -0.131. The van der Waals surface area contributed by atoms with Crippen LogP contribution in [0.4, 0.5) is 0 Å². The second-order valence-corrected chi connectivity index (χ2v) is 6.07. The van der Waals surface area contributed by atoms with Crippen molar-refractivity contribution in [3.8, 4) is 11.5 Å². The third kappa shape index (κ3) is 5.57. The van der Waals surface area contributed by atoms with Crippen LogP contribution in [0.25, 0.3) is 0 Å². The van der Waals surface area contributed by atoms with Gasteiger partial charge in [-0.25, -0.2) is 4.79 Å². The van der Waals surface area contributed by atoms with Gasteiger partial charge in [0, 0.05) is 11.6 Å². The third-order valence-electron chi connectivity index (χ3n) is 3.94. The standard InChI is InChI=1S/C18H23ClO5/c1-12-14(11-20)17(23)13(18(24)16(12)19)9-7-5-3-2-4-6-8-10-15(21)22/h8,10-11,23-24H,2-7,9H2,1H3,(H,21,22). The van der Waals surface area contributed by atoms with Crippen LogP contribution in [0.3, 0.4) is 0 Å². The number of aromatic hydroxyl groups is 2. The number of hydrogen-bond acceptors (Lipinski definition) is 4. The first-order valence-electron chi connectivity index (χ1n) is 7.97. The lowest BCUT2D eigenvalue weighted by Gasteiger charge is -2.13. The Bertz CT molecular complexity index is 623. The molecule has 0 aliphatic heterocycles. The third-order valence-corrected chi connectivity index (χ3v) is 4.41. The van der Waals surface area contributed by atoms with Crippen LogP contribution in [0.5, 0.6) is 11.5 Å². The number of allylic oxidation sites excluding steroid dienone is 1. The maximum Gasteiger partial charge on any atom is 0.327 e. The molecule has 0 heterocycles. The molecule has 1 aromatic rings. The van der Waals surface area contributed by atoms with Crippen LogP contribution >= 0.6 is 11.6 Å². The molecule has 0 unspecified atom stereocenters. The summed E-state index contributed by atoms with van der Waals surface area (Å²) in [5.74, 6) is -1.28. The minimum atomic E-state index is -0.930. The second-order valence-electron chi connectivity index (χ2n) is 5.69. The Kier molecular flexibility index (Phi) is 8.33. The number of carboxylic acid groups (broad SMARTS) is 1. The highest BCUT2D eigenvalue weighted by Gasteiger charge is 2.19. The number of aliphatic carboxylic acids is 1. The Hall–Kier alpha value is -2.01. The predicted octanol–water partition coefficient (Wildman–Crippen LogP) is 4.40. The zero-order valence-electron chi connectivity index (χ0n) is 13.7. The van der Waals surface area contributed by atoms with E-state index in [1.165, 1.54) is 0 Å². The molecular weight excluding hydrogens is 332 g/mol. The van der Waals surface area contributed by atoms with Gasteiger partial charge in [0.15, 0.2) is 6.29 Å². The Morgan fingerprint density at radius 1 is 1.08 bits per heavy atom. The van der Waals surface area contributed by atoms with E-state index in [0.717, 1.165) is 44.6 Å². The van der Waals surface area contributed by atoms with E-state index < -0.39 is 5.97 Å². The molecule has 0 fully saturated rings. The fourth-order valence-electron chi connectivity index (χ4n) is 2.54. The van der Waals surface area contributed by atoms with Gasteiger partial charge in [0.25, 0.3) is 0 Å². The number of phenols is 2. The molecule has 1 rings (SSSR count). The molecule has 24 heavy (non-hydrogen) atoms. The molecular formula is C18H23ClO5. The summed E-state index contributed by atoms with van der Waals surface area (Å²) in [7, 11) is 0. The second kappa shape index (κ2) is 9.98. The SMILES string of the molecule is Cc1c(Cl)c(O)c(CCCCCCCC=CC(=O)O)c(O)c1C=O. The largest absolute Gasteiger partial charge is 0.507 e. The summed E-state index contributed by atoms with van der Waals surface area (Å²) in [5, 5.41) is 28.7. The van der Waals surface area contributed by atoms with E-state index in [4.69, 9.17) is 16.7 Å². The smallest absolute Gasteiger partial charge is 0.327 e. The maximum atomic E-state index is 11.1. The van der Waals surface area contributed by atoms with Gasteiger partial charge in [0.05, 0.1) is 10.6 Å². The zero-order chi connectivity index (χ0) is 18.1. The van der Waals surface area contributed by atoms with Crippen LogP contribution in [0, 0.1) is 6.92 Å². The van der Waals surface area contributed by atoms with Crippen molar-refractivity contribution in [2.75, 3.05) is 0 Å². The van der Waals surface area contributed by atoms with Crippen molar-refractivity contribution in [3.63, 3.8) is 0 Å². The molecule has 0 saturated heterocycles. The summed E-state index contributed by atoms with van der Waals surface area (Å²) in [6, 6.07) is 0. The first-order valence-corrected chi connectivity index (χ1v) is 8.35. The summed E-state index contributed by atoms with van der Waals surface area (Å²) in [5.41, 5.74) is 0.815. The summed E-state index contributed by atoms with van der Waals surface area (Å²) in [4.78, 5) is 21.4. The van der Waals surface area contributed by atoms with Crippen LogP contribution in [0.1, 0.15) is 60.0 Å². The first kappa shape index (κ1) is 20.0. The minimum Gasteiger partial charge on any atom is -0.507 e. The van der Waals surface area contributed by atoms with Crippen LogP contribution in [-0.4, -0.2) is 27.6 Å². The molecule has 0 bridgehead atoms. The number of aldehydes is 1. The molecule has 0 aromatic heterocycles. The fraction of sp³-hybridized carbons (Fsp3) is 0.444. The molecule has 3 N–H and O–H groups in total. The number of rotatable bonds is 10. The van der Waals surface area contributed by atoms with Crippen molar-refractivity contribution in [2.24, 2.45) is 0 Å². The van der Waals surface area contributed by atoms with Crippen LogP contribution < -0.4 is 0 Å². The predicted molar refractivity (Wildman–Crippen MR) is 93.1 cm³/mol. The number of hydrogen-bond donors (Lipinski definition) is 3. The number of carbonyl (C=O) groups is 2. The van der Waals surface area contributed by atoms with Gasteiger partial charge in [-0.2, -0.15) is 0 Å². The Morgan fingerprint density at radius 2 is 1.71 bits per heavy atom. The summed E-state index contributed by atoms with van der Waals surface area (Å²) in [6.07, 6.45) is 9.06. The van der Waals surface area contributed by atoms with Crippen molar-refractivity contribution in [2.45, 2.75) is 51.9 Å². The molecule has 6 heteroatoms. The van der Waals surface area contributed by atoms with E-state index in [1.54, 1.807) is 13.0 Å². The molecule has 0 atom stereocenters. The van der Waals surface area contributed by atoms with Gasteiger partial charge in [0.1, 0.15) is 11.5 Å². The van der Waals surface area contributed by atoms with Crippen molar-refractivity contribution in [1.82, 2.24) is 0 Å². The quantitative estimate of drug-likeness (QED) is 0.329. The van der Waals surface area contributed by atoms with Gasteiger partial charge in [0.2, 0.25) is 0 Å². The molecule has 0 amide bonds. The zero-order valence-corrected chi connectivity index (χ0v) is 14.5. The van der Waals surface area contributed by atoms with Crippen molar-refractivity contribution in [1.29, 1.82) is 0 Å². The Balaban J connectivity index is 2.45. The number of benzene rings is 1. The monoisotopic (exact) mass is 354 g/mol. The minimum absolute atomic E-state index is 0.107. The highest BCUT2D eigenvalue weighted by Crippen LogP contribution is 2.40. The van der Waals surface area contributed by atoms with Crippen LogP contribution in [0.2, 0.25) is 5.02 Å². The van der Waals surface area contributed by atoms with Gasteiger partial charge in [-0.1, -0.05) is 36.9 Å². The van der Waals surface area contributed by atoms with Crippen molar-refractivity contribution >= 4 is 23.9 Å². The first-order chi connectivity index (χ1) is 11.4. The van der Waals surface area contributed by atoms with E-state index in [9.17, 15) is 19.8 Å².